The zero-order valence-corrected chi connectivity index (χ0v) is 10.3. The van der Waals surface area contributed by atoms with Gasteiger partial charge in [-0.15, -0.1) is 0 Å². The van der Waals surface area contributed by atoms with Gasteiger partial charge in [0.25, 0.3) is 0 Å². The molecule has 0 aliphatic heterocycles. The zero-order chi connectivity index (χ0) is 9.40. The Hall–Kier alpha value is -0.467. The quantitative estimate of drug-likeness (QED) is 0.420. The third-order valence-electron chi connectivity index (χ3n) is 1.04. The van der Waals surface area contributed by atoms with E-state index in [-0.39, 0.29) is 5.97 Å². The summed E-state index contributed by atoms with van der Waals surface area (Å²) in [4.78, 5) is 14.4. The summed E-state index contributed by atoms with van der Waals surface area (Å²) in [5, 5.41) is 0. The molecule has 0 radical (unpaired) electrons. The fraction of sp³-hybridized carbons (Fsp3) is 0.143. The van der Waals surface area contributed by atoms with E-state index in [1.807, 2.05) is 0 Å². The molecular weight excluding hydrogens is 231 g/mol. The van der Waals surface area contributed by atoms with Crippen LogP contribution < -0.4 is 0 Å². The van der Waals surface area contributed by atoms with E-state index in [2.05, 4.69) is 15.9 Å². The Kier molecular flexibility index (Phi) is 6.92. The number of carbonyl (C=O) groups excluding carboxylic acids is 1. The molecule has 1 aromatic rings. The first kappa shape index (κ1) is 11.5. The molecule has 0 spiro atoms. The fourth-order valence-corrected chi connectivity index (χ4v) is 0.559. The number of rotatable bonds is 1. The van der Waals surface area contributed by atoms with E-state index < -0.39 is 0 Å². The van der Waals surface area contributed by atoms with Crippen LogP contribution in [0.4, 0.5) is 0 Å². The second-order valence-electron chi connectivity index (χ2n) is 1.67. The van der Waals surface area contributed by atoms with E-state index >= 15 is 0 Å². The predicted octanol–water partition coefficient (Wildman–Crippen LogP) is 1.36. The average molecular weight is 237 g/mol. The van der Waals surface area contributed by atoms with Crippen molar-refractivity contribution in [1.29, 1.82) is 0 Å². The molecule has 0 bridgehead atoms. The molecule has 0 N–H and O–H groups in total. The van der Waals surface area contributed by atoms with Crippen molar-refractivity contribution in [3.05, 3.63) is 30.1 Å². The SMILES string of the molecule is COC(=O)c1cc[c-]nc1.[Cl][Zn+]. The molecule has 0 atom stereocenters. The van der Waals surface area contributed by atoms with Crippen LogP contribution in [0.3, 0.4) is 0 Å². The summed E-state index contributed by atoms with van der Waals surface area (Å²) in [6.45, 7) is 0. The first-order valence-corrected chi connectivity index (χ1v) is 6.91. The molecular formula is C7H6ClNO2Zn. The van der Waals surface area contributed by atoms with Gasteiger partial charge in [0.2, 0.25) is 0 Å². The van der Waals surface area contributed by atoms with Crippen LogP contribution in [-0.2, 0) is 22.0 Å². The van der Waals surface area contributed by atoms with Crippen LogP contribution in [0.5, 0.6) is 0 Å². The average Bonchev–Trinajstić information content (AvgIpc) is 2.21. The first-order chi connectivity index (χ1) is 5.84. The third-order valence-corrected chi connectivity index (χ3v) is 1.04. The van der Waals surface area contributed by atoms with E-state index in [0.29, 0.717) is 5.56 Å². The molecule has 1 rings (SSSR count). The summed E-state index contributed by atoms with van der Waals surface area (Å²) in [6, 6.07) is 3.16. The molecule has 1 aromatic heterocycles. The van der Waals surface area contributed by atoms with Crippen molar-refractivity contribution in [1.82, 2.24) is 4.98 Å². The van der Waals surface area contributed by atoms with Crippen molar-refractivity contribution in [2.24, 2.45) is 0 Å². The minimum atomic E-state index is -0.374. The van der Waals surface area contributed by atoms with Gasteiger partial charge < -0.3 is 9.72 Å². The van der Waals surface area contributed by atoms with Crippen molar-refractivity contribution >= 4 is 15.7 Å². The number of esters is 1. The number of pyridine rings is 1. The monoisotopic (exact) mass is 235 g/mol. The molecule has 12 heavy (non-hydrogen) atoms. The second-order valence-corrected chi connectivity index (χ2v) is 1.67. The van der Waals surface area contributed by atoms with Crippen LogP contribution in [-0.4, -0.2) is 18.1 Å². The molecule has 0 unspecified atom stereocenters. The van der Waals surface area contributed by atoms with Gasteiger partial charge in [0, 0.05) is 0 Å². The molecule has 1 heterocycles. The van der Waals surface area contributed by atoms with Gasteiger partial charge in [-0.25, -0.2) is 4.79 Å². The van der Waals surface area contributed by atoms with E-state index in [1.54, 1.807) is 12.1 Å². The topological polar surface area (TPSA) is 39.2 Å². The summed E-state index contributed by atoms with van der Waals surface area (Å²) in [5.74, 6) is -0.374. The Morgan fingerprint density at radius 3 is 2.83 bits per heavy atom. The Bertz CT molecular complexity index is 230. The van der Waals surface area contributed by atoms with Crippen LogP contribution in [0.25, 0.3) is 0 Å². The standard InChI is InChI=1S/C7H6NO2.ClH.Zn/c1-10-7(9)6-3-2-4-8-5-6;;/h2-3,5H,1H3;1H;/q-1;;+2/p-1. The molecule has 0 aliphatic carbocycles. The number of nitrogens with zero attached hydrogens (tertiary/aromatic N) is 1. The maximum atomic E-state index is 10.7. The second kappa shape index (κ2) is 7.20. The summed E-state index contributed by atoms with van der Waals surface area (Å²) >= 11 is 0.847. The van der Waals surface area contributed by atoms with Crippen molar-refractivity contribution in [3.8, 4) is 0 Å². The van der Waals surface area contributed by atoms with Gasteiger partial charge in [0.1, 0.15) is 0 Å². The van der Waals surface area contributed by atoms with E-state index in [9.17, 15) is 4.79 Å². The molecule has 0 saturated carbocycles. The van der Waals surface area contributed by atoms with E-state index in [4.69, 9.17) is 9.69 Å². The van der Waals surface area contributed by atoms with Crippen molar-refractivity contribution in [3.63, 3.8) is 0 Å². The van der Waals surface area contributed by atoms with E-state index in [1.165, 1.54) is 13.3 Å². The number of carbonyl (C=O) groups is 1. The zero-order valence-electron chi connectivity index (χ0n) is 6.58. The van der Waals surface area contributed by atoms with Crippen molar-refractivity contribution in [2.75, 3.05) is 7.11 Å². The molecule has 3 nitrogen and oxygen atoms in total. The Morgan fingerprint density at radius 1 is 1.75 bits per heavy atom. The molecule has 0 fully saturated rings. The Balaban J connectivity index is 0.000000561. The number of halogens is 1. The Morgan fingerprint density at radius 2 is 2.42 bits per heavy atom. The maximum absolute atomic E-state index is 10.7. The number of hydrogen-bond acceptors (Lipinski definition) is 3. The van der Waals surface area contributed by atoms with Gasteiger partial charge in [0.05, 0.1) is 7.11 Å². The summed E-state index contributed by atoms with van der Waals surface area (Å²) in [5.41, 5.74) is 0.446. The first-order valence-electron chi connectivity index (χ1n) is 3.01. The summed E-state index contributed by atoms with van der Waals surface area (Å²) in [6.07, 6.45) is 3.96. The molecule has 0 aliphatic rings. The number of hydrogen-bond donors (Lipinski definition) is 0. The molecule has 5 heteroatoms. The molecule has 0 amide bonds. The van der Waals surface area contributed by atoms with Gasteiger partial charge in [-0.2, -0.15) is 12.1 Å². The summed E-state index contributed by atoms with van der Waals surface area (Å²) in [7, 11) is 6.10. The van der Waals surface area contributed by atoms with Gasteiger partial charge >= 0.3 is 33.0 Å². The van der Waals surface area contributed by atoms with Crippen LogP contribution in [0.2, 0.25) is 0 Å². The number of ether oxygens (including phenoxy) is 1. The van der Waals surface area contributed by atoms with E-state index in [0.717, 1.165) is 17.3 Å². The van der Waals surface area contributed by atoms with Gasteiger partial charge in [-0.05, 0) is 5.56 Å². The normalized spacial score (nSPS) is 8.00. The summed E-state index contributed by atoms with van der Waals surface area (Å²) < 4.78 is 4.44. The number of methoxy groups -OCH3 is 1. The number of aromatic nitrogens is 1. The van der Waals surface area contributed by atoms with Gasteiger partial charge in [-0.1, -0.05) is 12.4 Å². The van der Waals surface area contributed by atoms with Gasteiger partial charge in [-0.3, -0.25) is 0 Å². The Labute approximate surface area is 84.8 Å². The third kappa shape index (κ3) is 3.79. The van der Waals surface area contributed by atoms with Crippen molar-refractivity contribution < 1.29 is 26.8 Å². The fourth-order valence-electron chi connectivity index (χ4n) is 0.559. The van der Waals surface area contributed by atoms with Crippen molar-refractivity contribution in [2.45, 2.75) is 0 Å². The minimum absolute atomic E-state index is 0.374. The van der Waals surface area contributed by atoms with Crippen LogP contribution in [0, 0.1) is 6.20 Å². The van der Waals surface area contributed by atoms with Crippen LogP contribution >= 0.6 is 9.69 Å². The predicted molar refractivity (Wildman–Crippen MR) is 40.3 cm³/mol. The molecule has 60 valence electrons. The molecule has 0 aromatic carbocycles. The van der Waals surface area contributed by atoms with Gasteiger partial charge in [0.15, 0.2) is 0 Å². The van der Waals surface area contributed by atoms with Crippen LogP contribution in [0.1, 0.15) is 10.4 Å². The van der Waals surface area contributed by atoms with Crippen LogP contribution in [0.15, 0.2) is 18.3 Å². The molecule has 0 saturated heterocycles.